The van der Waals surface area contributed by atoms with Gasteiger partial charge in [-0.3, -0.25) is 14.2 Å². The zero-order valence-electron chi connectivity index (χ0n) is 14.9. The summed E-state index contributed by atoms with van der Waals surface area (Å²) in [5.74, 6) is 0.233. The molecule has 0 N–H and O–H groups in total. The van der Waals surface area contributed by atoms with E-state index in [9.17, 15) is 4.79 Å². The van der Waals surface area contributed by atoms with E-state index in [1.54, 1.807) is 0 Å². The summed E-state index contributed by atoms with van der Waals surface area (Å²) in [5, 5.41) is 8.82. The van der Waals surface area contributed by atoms with Crippen molar-refractivity contribution >= 4 is 5.91 Å². The lowest BCUT2D eigenvalue weighted by atomic mass is 10.0. The van der Waals surface area contributed by atoms with Crippen LogP contribution < -0.4 is 0 Å². The van der Waals surface area contributed by atoms with Gasteiger partial charge in [-0.2, -0.15) is 10.2 Å². The van der Waals surface area contributed by atoms with Gasteiger partial charge in [-0.05, 0) is 51.7 Å². The lowest BCUT2D eigenvalue weighted by Gasteiger charge is -2.36. The summed E-state index contributed by atoms with van der Waals surface area (Å²) in [5.41, 5.74) is 3.28. The molecule has 0 spiro atoms. The molecular formula is C18H27N5O. The molecule has 0 aliphatic carbocycles. The van der Waals surface area contributed by atoms with Gasteiger partial charge in [-0.25, -0.2) is 0 Å². The standard InChI is InChI=1S/C18H27N5O/c1-14-11-19-21(12-14)13-17-6-4-5-8-22(17)18(24)7-9-23-16(3)10-15(2)20-23/h10-12,17H,4-9,13H2,1-3H3. The zero-order valence-corrected chi connectivity index (χ0v) is 14.9. The molecule has 0 saturated carbocycles. The average molecular weight is 329 g/mol. The third-order valence-electron chi connectivity index (χ3n) is 4.75. The van der Waals surface area contributed by atoms with Crippen LogP contribution in [0.1, 0.15) is 42.6 Å². The maximum absolute atomic E-state index is 12.8. The minimum absolute atomic E-state index is 0.233. The fourth-order valence-corrected chi connectivity index (χ4v) is 3.55. The van der Waals surface area contributed by atoms with E-state index < -0.39 is 0 Å². The molecule has 2 aromatic rings. The molecule has 3 rings (SSSR count). The number of nitrogens with zero attached hydrogens (tertiary/aromatic N) is 5. The van der Waals surface area contributed by atoms with Crippen molar-refractivity contribution < 1.29 is 4.79 Å². The van der Waals surface area contributed by atoms with E-state index in [1.807, 2.05) is 48.6 Å². The van der Waals surface area contributed by atoms with Crippen molar-refractivity contribution in [2.45, 2.75) is 65.6 Å². The molecule has 0 bridgehead atoms. The van der Waals surface area contributed by atoms with E-state index >= 15 is 0 Å². The van der Waals surface area contributed by atoms with Crippen molar-refractivity contribution in [3.63, 3.8) is 0 Å². The molecule has 0 radical (unpaired) electrons. The van der Waals surface area contributed by atoms with Crippen LogP contribution >= 0.6 is 0 Å². The van der Waals surface area contributed by atoms with Gasteiger partial charge in [0.2, 0.25) is 5.91 Å². The van der Waals surface area contributed by atoms with E-state index in [1.165, 1.54) is 6.42 Å². The van der Waals surface area contributed by atoms with Gasteiger partial charge < -0.3 is 4.90 Å². The summed E-state index contributed by atoms with van der Waals surface area (Å²) in [4.78, 5) is 14.8. The first kappa shape index (κ1) is 16.7. The molecule has 24 heavy (non-hydrogen) atoms. The zero-order chi connectivity index (χ0) is 17.1. The Morgan fingerprint density at radius 3 is 2.79 bits per heavy atom. The molecule has 6 nitrogen and oxygen atoms in total. The number of aryl methyl sites for hydroxylation is 4. The minimum Gasteiger partial charge on any atom is -0.338 e. The summed E-state index contributed by atoms with van der Waals surface area (Å²) >= 11 is 0. The Morgan fingerprint density at radius 1 is 1.29 bits per heavy atom. The molecule has 2 aromatic heterocycles. The number of hydrogen-bond donors (Lipinski definition) is 0. The topological polar surface area (TPSA) is 56.0 Å². The summed E-state index contributed by atoms with van der Waals surface area (Å²) in [6, 6.07) is 2.31. The van der Waals surface area contributed by atoms with Crippen molar-refractivity contribution in [2.75, 3.05) is 6.54 Å². The first-order valence-corrected chi connectivity index (χ1v) is 8.82. The quantitative estimate of drug-likeness (QED) is 0.847. The van der Waals surface area contributed by atoms with Gasteiger partial charge in [0.05, 0.1) is 24.5 Å². The minimum atomic E-state index is 0.233. The Bertz CT molecular complexity index is 702. The number of hydrogen-bond acceptors (Lipinski definition) is 3. The van der Waals surface area contributed by atoms with Gasteiger partial charge in [0.1, 0.15) is 0 Å². The van der Waals surface area contributed by atoms with E-state index in [4.69, 9.17) is 0 Å². The normalized spacial score (nSPS) is 18.1. The van der Waals surface area contributed by atoms with Gasteiger partial charge in [0, 0.05) is 31.4 Å². The summed E-state index contributed by atoms with van der Waals surface area (Å²) in [7, 11) is 0. The van der Waals surface area contributed by atoms with Crippen molar-refractivity contribution in [1.29, 1.82) is 0 Å². The maximum atomic E-state index is 12.8. The second kappa shape index (κ2) is 7.20. The highest BCUT2D eigenvalue weighted by Crippen LogP contribution is 2.20. The second-order valence-corrected chi connectivity index (χ2v) is 6.88. The van der Waals surface area contributed by atoms with E-state index in [-0.39, 0.29) is 11.9 Å². The first-order valence-electron chi connectivity index (χ1n) is 8.82. The van der Waals surface area contributed by atoms with Gasteiger partial charge in [0.25, 0.3) is 0 Å². The van der Waals surface area contributed by atoms with Crippen LogP contribution in [0.5, 0.6) is 0 Å². The Hall–Kier alpha value is -2.11. The molecule has 6 heteroatoms. The fraction of sp³-hybridized carbons (Fsp3) is 0.611. The van der Waals surface area contributed by atoms with Crippen LogP contribution in [0.4, 0.5) is 0 Å². The predicted molar refractivity (Wildman–Crippen MR) is 92.6 cm³/mol. The maximum Gasteiger partial charge on any atom is 0.224 e. The highest BCUT2D eigenvalue weighted by atomic mass is 16.2. The second-order valence-electron chi connectivity index (χ2n) is 6.88. The van der Waals surface area contributed by atoms with Crippen LogP contribution in [0.25, 0.3) is 0 Å². The molecule has 3 heterocycles. The summed E-state index contributed by atoms with van der Waals surface area (Å²) in [6.45, 7) is 8.37. The lowest BCUT2D eigenvalue weighted by Crippen LogP contribution is -2.46. The fourth-order valence-electron chi connectivity index (χ4n) is 3.55. The van der Waals surface area contributed by atoms with Crippen LogP contribution in [0.3, 0.4) is 0 Å². The largest absolute Gasteiger partial charge is 0.338 e. The Kier molecular flexibility index (Phi) is 5.02. The third kappa shape index (κ3) is 3.86. The Labute approximate surface area is 143 Å². The van der Waals surface area contributed by atoms with Crippen LogP contribution in [-0.4, -0.2) is 43.0 Å². The average Bonchev–Trinajstić information content (AvgIpc) is 3.10. The number of amides is 1. The molecule has 1 amide bonds. The van der Waals surface area contributed by atoms with Gasteiger partial charge >= 0.3 is 0 Å². The Balaban J connectivity index is 1.61. The number of likely N-dealkylation sites (tertiary alicyclic amines) is 1. The number of aromatic nitrogens is 4. The Morgan fingerprint density at radius 2 is 2.12 bits per heavy atom. The van der Waals surface area contributed by atoms with Gasteiger partial charge in [0.15, 0.2) is 0 Å². The molecule has 1 unspecified atom stereocenters. The molecule has 1 aliphatic heterocycles. The summed E-state index contributed by atoms with van der Waals surface area (Å²) in [6.07, 6.45) is 7.78. The number of piperidine rings is 1. The smallest absolute Gasteiger partial charge is 0.224 e. The molecular weight excluding hydrogens is 302 g/mol. The first-order chi connectivity index (χ1) is 11.5. The SMILES string of the molecule is Cc1cnn(CC2CCCCN2C(=O)CCn2nc(C)cc2C)c1. The van der Waals surface area contributed by atoms with Crippen molar-refractivity contribution in [3.05, 3.63) is 35.4 Å². The van der Waals surface area contributed by atoms with E-state index in [2.05, 4.69) is 15.1 Å². The van der Waals surface area contributed by atoms with Crippen molar-refractivity contribution in [1.82, 2.24) is 24.5 Å². The highest BCUT2D eigenvalue weighted by Gasteiger charge is 2.27. The van der Waals surface area contributed by atoms with Crippen LogP contribution in [0, 0.1) is 20.8 Å². The van der Waals surface area contributed by atoms with E-state index in [0.29, 0.717) is 13.0 Å². The van der Waals surface area contributed by atoms with E-state index in [0.717, 1.165) is 42.9 Å². The molecule has 1 fully saturated rings. The third-order valence-corrected chi connectivity index (χ3v) is 4.75. The molecule has 1 saturated heterocycles. The predicted octanol–water partition coefficient (Wildman–Crippen LogP) is 2.48. The molecule has 0 aromatic carbocycles. The lowest BCUT2D eigenvalue weighted by molar-refractivity contribution is -0.135. The monoisotopic (exact) mass is 329 g/mol. The van der Waals surface area contributed by atoms with Crippen LogP contribution in [0.15, 0.2) is 18.5 Å². The number of carbonyl (C=O) groups is 1. The van der Waals surface area contributed by atoms with Crippen LogP contribution in [0.2, 0.25) is 0 Å². The number of rotatable bonds is 5. The van der Waals surface area contributed by atoms with Crippen molar-refractivity contribution in [3.8, 4) is 0 Å². The van der Waals surface area contributed by atoms with Crippen molar-refractivity contribution in [2.24, 2.45) is 0 Å². The molecule has 130 valence electrons. The molecule has 1 atom stereocenters. The molecule has 1 aliphatic rings. The highest BCUT2D eigenvalue weighted by molar-refractivity contribution is 5.76. The van der Waals surface area contributed by atoms with Crippen LogP contribution in [-0.2, 0) is 17.9 Å². The number of carbonyl (C=O) groups excluding carboxylic acids is 1. The van der Waals surface area contributed by atoms with Gasteiger partial charge in [-0.1, -0.05) is 0 Å². The summed E-state index contributed by atoms with van der Waals surface area (Å²) < 4.78 is 3.90. The van der Waals surface area contributed by atoms with Gasteiger partial charge in [-0.15, -0.1) is 0 Å².